The predicted octanol–water partition coefficient (Wildman–Crippen LogP) is -0.0956. The first-order valence-corrected chi connectivity index (χ1v) is 6.52. The average Bonchev–Trinajstić information content (AvgIpc) is 2.64. The Morgan fingerprint density at radius 1 is 1.39 bits per heavy atom. The van der Waals surface area contributed by atoms with E-state index in [-0.39, 0.29) is 18.5 Å². The van der Waals surface area contributed by atoms with E-state index in [1.54, 1.807) is 0 Å². The summed E-state index contributed by atoms with van der Waals surface area (Å²) in [7, 11) is 1.91. The summed E-state index contributed by atoms with van der Waals surface area (Å²) < 4.78 is 0. The molecule has 18 heavy (non-hydrogen) atoms. The van der Waals surface area contributed by atoms with E-state index in [9.17, 15) is 9.59 Å². The Morgan fingerprint density at radius 3 is 2.72 bits per heavy atom. The summed E-state index contributed by atoms with van der Waals surface area (Å²) in [5.41, 5.74) is 0. The molecule has 0 spiro atoms. The van der Waals surface area contributed by atoms with Crippen molar-refractivity contribution in [3.63, 3.8) is 0 Å². The van der Waals surface area contributed by atoms with Crippen LogP contribution in [0.2, 0.25) is 0 Å². The number of hydrogen-bond donors (Lipinski definition) is 3. The van der Waals surface area contributed by atoms with Crippen molar-refractivity contribution in [2.45, 2.75) is 38.8 Å². The summed E-state index contributed by atoms with van der Waals surface area (Å²) in [5.74, 6) is -0.240. The van der Waals surface area contributed by atoms with Gasteiger partial charge in [-0.25, -0.2) is 4.79 Å². The minimum absolute atomic E-state index is 0.0293. The van der Waals surface area contributed by atoms with E-state index in [1.165, 1.54) is 0 Å². The van der Waals surface area contributed by atoms with Crippen molar-refractivity contribution in [1.29, 1.82) is 0 Å². The van der Waals surface area contributed by atoms with Crippen LogP contribution in [0.15, 0.2) is 0 Å². The number of likely N-dealkylation sites (N-methyl/N-ethyl adjacent to an activating group) is 1. The van der Waals surface area contributed by atoms with Crippen LogP contribution in [0, 0.1) is 0 Å². The number of amides is 3. The number of urea groups is 1. The normalized spacial score (nSPS) is 20.1. The van der Waals surface area contributed by atoms with Crippen molar-refractivity contribution in [2.24, 2.45) is 0 Å². The largest absolute Gasteiger partial charge is 0.336 e. The van der Waals surface area contributed by atoms with Gasteiger partial charge in [-0.2, -0.15) is 0 Å². The molecule has 1 heterocycles. The minimum atomic E-state index is -0.417. The molecule has 1 atom stereocenters. The van der Waals surface area contributed by atoms with Crippen LogP contribution >= 0.6 is 0 Å². The molecule has 3 N–H and O–H groups in total. The number of rotatable bonds is 5. The molecule has 0 saturated carbocycles. The van der Waals surface area contributed by atoms with E-state index in [0.717, 1.165) is 25.9 Å². The van der Waals surface area contributed by atoms with Gasteiger partial charge in [-0.1, -0.05) is 0 Å². The van der Waals surface area contributed by atoms with Crippen LogP contribution in [-0.2, 0) is 4.79 Å². The molecule has 6 heteroatoms. The van der Waals surface area contributed by atoms with Gasteiger partial charge < -0.3 is 10.6 Å². The summed E-state index contributed by atoms with van der Waals surface area (Å²) in [5, 5.41) is 8.11. The number of likely N-dealkylation sites (tertiary alicyclic amines) is 1. The molecule has 0 bridgehead atoms. The zero-order valence-corrected chi connectivity index (χ0v) is 11.5. The Morgan fingerprint density at radius 2 is 2.11 bits per heavy atom. The number of nitrogens with zero attached hydrogens (tertiary/aromatic N) is 1. The van der Waals surface area contributed by atoms with Crippen molar-refractivity contribution in [3.05, 3.63) is 0 Å². The Hall–Kier alpha value is -1.14. The van der Waals surface area contributed by atoms with Crippen molar-refractivity contribution in [1.82, 2.24) is 20.9 Å². The fraction of sp³-hybridized carbons (Fsp3) is 0.833. The molecular formula is C12H24N4O2. The Kier molecular flexibility index (Phi) is 6.07. The topological polar surface area (TPSA) is 73.5 Å². The quantitative estimate of drug-likeness (QED) is 0.642. The number of nitrogens with one attached hydrogen (secondary N) is 3. The van der Waals surface area contributed by atoms with Gasteiger partial charge in [-0.3, -0.25) is 15.0 Å². The molecule has 6 nitrogen and oxygen atoms in total. The third-order valence-corrected chi connectivity index (χ3v) is 2.96. The molecule has 0 aromatic heterocycles. The third-order valence-electron chi connectivity index (χ3n) is 2.96. The Labute approximate surface area is 108 Å². The van der Waals surface area contributed by atoms with Gasteiger partial charge in [-0.05, 0) is 40.3 Å². The van der Waals surface area contributed by atoms with Gasteiger partial charge in [0.25, 0.3) is 0 Å². The van der Waals surface area contributed by atoms with Gasteiger partial charge in [0.1, 0.15) is 0 Å². The van der Waals surface area contributed by atoms with E-state index in [0.29, 0.717) is 6.04 Å². The zero-order valence-electron chi connectivity index (χ0n) is 11.5. The van der Waals surface area contributed by atoms with Gasteiger partial charge in [0.2, 0.25) is 5.91 Å². The second-order valence-corrected chi connectivity index (χ2v) is 5.00. The third kappa shape index (κ3) is 5.01. The molecule has 0 aromatic carbocycles. The van der Waals surface area contributed by atoms with Crippen LogP contribution in [0.3, 0.4) is 0 Å². The molecule has 1 saturated heterocycles. The number of imide groups is 1. The Bertz CT molecular complexity index is 294. The highest BCUT2D eigenvalue weighted by Crippen LogP contribution is 2.15. The highest BCUT2D eigenvalue weighted by atomic mass is 16.2. The molecule has 1 aliphatic rings. The maximum atomic E-state index is 11.7. The average molecular weight is 256 g/mol. The molecule has 1 unspecified atom stereocenters. The summed E-state index contributed by atoms with van der Waals surface area (Å²) in [6.45, 7) is 5.80. The first-order chi connectivity index (χ1) is 8.52. The summed E-state index contributed by atoms with van der Waals surface area (Å²) in [4.78, 5) is 25.2. The number of carbonyl (C=O) groups excluding carboxylic acids is 2. The van der Waals surface area contributed by atoms with Gasteiger partial charge in [0.15, 0.2) is 0 Å². The van der Waals surface area contributed by atoms with Crippen molar-refractivity contribution < 1.29 is 9.59 Å². The van der Waals surface area contributed by atoms with Crippen LogP contribution in [-0.4, -0.2) is 55.6 Å². The number of carbonyl (C=O) groups is 2. The zero-order chi connectivity index (χ0) is 13.5. The highest BCUT2D eigenvalue weighted by molar-refractivity contribution is 5.95. The van der Waals surface area contributed by atoms with Crippen LogP contribution in [0.1, 0.15) is 26.7 Å². The van der Waals surface area contributed by atoms with E-state index in [4.69, 9.17) is 0 Å². The molecular weight excluding hydrogens is 232 g/mol. The molecule has 0 aromatic rings. The van der Waals surface area contributed by atoms with Gasteiger partial charge in [0.05, 0.1) is 6.54 Å². The summed E-state index contributed by atoms with van der Waals surface area (Å²) in [6.07, 6.45) is 2.21. The van der Waals surface area contributed by atoms with E-state index in [1.807, 2.05) is 20.9 Å². The van der Waals surface area contributed by atoms with Crippen LogP contribution in [0.25, 0.3) is 0 Å². The smallest absolute Gasteiger partial charge is 0.321 e. The lowest BCUT2D eigenvalue weighted by Crippen LogP contribution is -2.48. The van der Waals surface area contributed by atoms with Gasteiger partial charge in [-0.15, -0.1) is 0 Å². The standard InChI is InChI=1S/C12H24N4O2/c1-9(2)14-12(18)15-11(17)8-16-6-4-5-10(16)7-13-3/h9-10,13H,4-8H2,1-3H3,(H2,14,15,17,18). The molecule has 3 amide bonds. The second kappa shape index (κ2) is 7.33. The lowest BCUT2D eigenvalue weighted by atomic mass is 10.2. The van der Waals surface area contributed by atoms with Crippen LogP contribution in [0.4, 0.5) is 4.79 Å². The van der Waals surface area contributed by atoms with Gasteiger partial charge in [0, 0.05) is 18.6 Å². The number of hydrogen-bond acceptors (Lipinski definition) is 4. The maximum absolute atomic E-state index is 11.7. The monoisotopic (exact) mass is 256 g/mol. The lowest BCUT2D eigenvalue weighted by Gasteiger charge is -2.23. The molecule has 0 aliphatic carbocycles. The van der Waals surface area contributed by atoms with E-state index < -0.39 is 6.03 Å². The van der Waals surface area contributed by atoms with Crippen LogP contribution < -0.4 is 16.0 Å². The van der Waals surface area contributed by atoms with E-state index in [2.05, 4.69) is 20.9 Å². The first kappa shape index (κ1) is 14.9. The Balaban J connectivity index is 2.33. The maximum Gasteiger partial charge on any atom is 0.321 e. The molecule has 1 rings (SSSR count). The van der Waals surface area contributed by atoms with Crippen molar-refractivity contribution in [2.75, 3.05) is 26.7 Å². The first-order valence-electron chi connectivity index (χ1n) is 6.52. The molecule has 1 aliphatic heterocycles. The van der Waals surface area contributed by atoms with Gasteiger partial charge >= 0.3 is 6.03 Å². The fourth-order valence-corrected chi connectivity index (χ4v) is 2.22. The van der Waals surface area contributed by atoms with Crippen molar-refractivity contribution >= 4 is 11.9 Å². The van der Waals surface area contributed by atoms with E-state index >= 15 is 0 Å². The summed E-state index contributed by atoms with van der Waals surface area (Å²) >= 11 is 0. The SMILES string of the molecule is CNCC1CCCN1CC(=O)NC(=O)NC(C)C. The molecule has 1 fully saturated rings. The second-order valence-electron chi connectivity index (χ2n) is 5.00. The minimum Gasteiger partial charge on any atom is -0.336 e. The highest BCUT2D eigenvalue weighted by Gasteiger charge is 2.25. The fourth-order valence-electron chi connectivity index (χ4n) is 2.22. The van der Waals surface area contributed by atoms with Crippen molar-refractivity contribution in [3.8, 4) is 0 Å². The molecule has 104 valence electrons. The predicted molar refractivity (Wildman–Crippen MR) is 70.3 cm³/mol. The van der Waals surface area contributed by atoms with Crippen LogP contribution in [0.5, 0.6) is 0 Å². The molecule has 0 radical (unpaired) electrons. The summed E-state index contributed by atoms with van der Waals surface area (Å²) in [6, 6.07) is 0.00917. The lowest BCUT2D eigenvalue weighted by molar-refractivity contribution is -0.121.